The van der Waals surface area contributed by atoms with Crippen LogP contribution in [0.25, 0.3) is 0 Å². The molecule has 3 atom stereocenters. The van der Waals surface area contributed by atoms with Crippen LogP contribution in [-0.4, -0.2) is 39.9 Å². The molecule has 152 valence electrons. The van der Waals surface area contributed by atoms with Crippen LogP contribution in [0.3, 0.4) is 0 Å². The highest BCUT2D eigenvalue weighted by atomic mass is 35.5. The Kier molecular flexibility index (Phi) is 5.21. The molecule has 0 radical (unpaired) electrons. The summed E-state index contributed by atoms with van der Waals surface area (Å²) in [5.74, 6) is 1.10. The van der Waals surface area contributed by atoms with Gasteiger partial charge in [0.25, 0.3) is 0 Å². The predicted molar refractivity (Wildman–Crippen MR) is 123 cm³/mol. The number of anilines is 1. The van der Waals surface area contributed by atoms with Gasteiger partial charge in [0.15, 0.2) is 5.17 Å². The molecule has 0 unspecified atom stereocenters. The van der Waals surface area contributed by atoms with Crippen molar-refractivity contribution < 1.29 is 0 Å². The molecule has 2 saturated heterocycles. The number of rotatable bonds is 4. The zero-order valence-electron chi connectivity index (χ0n) is 17.0. The van der Waals surface area contributed by atoms with E-state index in [0.29, 0.717) is 6.04 Å². The van der Waals surface area contributed by atoms with E-state index >= 15 is 0 Å². The number of nitrogens with zero attached hydrogens (tertiary/aromatic N) is 4. The van der Waals surface area contributed by atoms with Gasteiger partial charge in [-0.1, -0.05) is 42.4 Å². The molecule has 0 amide bonds. The van der Waals surface area contributed by atoms with E-state index in [1.165, 1.54) is 29.7 Å². The van der Waals surface area contributed by atoms with Crippen molar-refractivity contribution in [3.8, 4) is 0 Å². The molecular formula is C23H27ClN4S. The summed E-state index contributed by atoms with van der Waals surface area (Å²) in [5.41, 5.74) is 4.68. The van der Waals surface area contributed by atoms with Crippen LogP contribution in [0.4, 0.5) is 5.69 Å². The second kappa shape index (κ2) is 7.84. The van der Waals surface area contributed by atoms with Gasteiger partial charge in [0.1, 0.15) is 6.04 Å². The Bertz CT molecular complexity index is 926. The second-order valence-electron chi connectivity index (χ2n) is 8.14. The second-order valence-corrected chi connectivity index (χ2v) is 9.51. The SMILES string of the molecule is CC[C@@H]1CSC2=N[C@H](c3ccccn3)[C@H](c3ccc(N4CCCC4)c(C)c3Cl)N21. The zero-order valence-corrected chi connectivity index (χ0v) is 18.6. The number of halogens is 1. The monoisotopic (exact) mass is 426 g/mol. The van der Waals surface area contributed by atoms with Gasteiger partial charge < -0.3 is 9.80 Å². The lowest BCUT2D eigenvalue weighted by Gasteiger charge is -2.33. The molecule has 29 heavy (non-hydrogen) atoms. The van der Waals surface area contributed by atoms with Gasteiger partial charge in [-0.05, 0) is 55.5 Å². The van der Waals surface area contributed by atoms with Crippen LogP contribution in [0, 0.1) is 6.92 Å². The molecular weight excluding hydrogens is 400 g/mol. The first-order chi connectivity index (χ1) is 14.2. The van der Waals surface area contributed by atoms with Gasteiger partial charge >= 0.3 is 0 Å². The van der Waals surface area contributed by atoms with E-state index in [-0.39, 0.29) is 12.1 Å². The molecule has 1 aromatic carbocycles. The van der Waals surface area contributed by atoms with E-state index in [2.05, 4.69) is 52.9 Å². The summed E-state index contributed by atoms with van der Waals surface area (Å²) in [5, 5.41) is 2.04. The molecule has 0 aliphatic carbocycles. The number of pyridine rings is 1. The maximum Gasteiger partial charge on any atom is 0.160 e. The smallest absolute Gasteiger partial charge is 0.160 e. The molecule has 0 spiro atoms. The van der Waals surface area contributed by atoms with Crippen molar-refractivity contribution in [3.63, 3.8) is 0 Å². The first-order valence-corrected chi connectivity index (χ1v) is 12.0. The maximum absolute atomic E-state index is 7.06. The summed E-state index contributed by atoms with van der Waals surface area (Å²) in [6, 6.07) is 11.2. The minimum atomic E-state index is -0.0115. The lowest BCUT2D eigenvalue weighted by atomic mass is 9.93. The number of hydrogen-bond acceptors (Lipinski definition) is 5. The average molecular weight is 427 g/mol. The van der Waals surface area contributed by atoms with Gasteiger partial charge in [0.05, 0.1) is 16.8 Å². The largest absolute Gasteiger partial charge is 0.371 e. The number of amidine groups is 1. The van der Waals surface area contributed by atoms with Crippen LogP contribution in [0.5, 0.6) is 0 Å². The highest BCUT2D eigenvalue weighted by molar-refractivity contribution is 8.14. The van der Waals surface area contributed by atoms with E-state index in [9.17, 15) is 0 Å². The van der Waals surface area contributed by atoms with Crippen molar-refractivity contribution in [2.75, 3.05) is 23.7 Å². The number of thioether (sulfide) groups is 1. The van der Waals surface area contributed by atoms with Crippen molar-refractivity contribution in [2.45, 2.75) is 51.2 Å². The highest BCUT2D eigenvalue weighted by Gasteiger charge is 2.46. The number of hydrogen-bond donors (Lipinski definition) is 0. The van der Waals surface area contributed by atoms with E-state index in [0.717, 1.165) is 41.1 Å². The Morgan fingerprint density at radius 2 is 2.00 bits per heavy atom. The van der Waals surface area contributed by atoms with Gasteiger partial charge in [-0.2, -0.15) is 0 Å². The fourth-order valence-electron chi connectivity index (χ4n) is 4.91. The molecule has 5 rings (SSSR count). The lowest BCUT2D eigenvalue weighted by Crippen LogP contribution is -2.35. The molecule has 1 aromatic heterocycles. The van der Waals surface area contributed by atoms with E-state index in [1.807, 2.05) is 24.0 Å². The summed E-state index contributed by atoms with van der Waals surface area (Å²) in [6.07, 6.45) is 5.51. The van der Waals surface area contributed by atoms with Crippen LogP contribution < -0.4 is 4.90 Å². The van der Waals surface area contributed by atoms with Crippen LogP contribution in [0.1, 0.15) is 55.1 Å². The standard InChI is InChI=1S/C23H27ClN4S/c1-3-16-14-29-23-26-21(18-8-4-5-11-25-18)22(28(16)23)17-9-10-19(15(2)20(17)24)27-12-6-7-13-27/h4-5,8-11,16,21-22H,3,6-7,12-14H2,1-2H3/t16-,21-,22+/m1/s1. The van der Waals surface area contributed by atoms with Crippen LogP contribution in [0.2, 0.25) is 5.02 Å². The molecule has 4 nitrogen and oxygen atoms in total. The zero-order chi connectivity index (χ0) is 20.0. The van der Waals surface area contributed by atoms with Crippen molar-refractivity contribution in [2.24, 2.45) is 4.99 Å². The molecule has 0 saturated carbocycles. The number of aromatic nitrogens is 1. The molecule has 6 heteroatoms. The Morgan fingerprint density at radius 1 is 1.17 bits per heavy atom. The molecule has 4 heterocycles. The van der Waals surface area contributed by atoms with Gasteiger partial charge in [0, 0.05) is 36.8 Å². The van der Waals surface area contributed by atoms with Crippen LogP contribution >= 0.6 is 23.4 Å². The topological polar surface area (TPSA) is 31.7 Å². The fourth-order valence-corrected chi connectivity index (χ4v) is 6.52. The molecule has 2 aromatic rings. The van der Waals surface area contributed by atoms with Crippen molar-refractivity contribution in [1.29, 1.82) is 0 Å². The minimum Gasteiger partial charge on any atom is -0.371 e. The molecule has 0 bridgehead atoms. The van der Waals surface area contributed by atoms with Crippen molar-refractivity contribution >= 4 is 34.2 Å². The Hall–Kier alpha value is -1.72. The number of fused-ring (bicyclic) bond motifs is 1. The lowest BCUT2D eigenvalue weighted by molar-refractivity contribution is 0.255. The fraction of sp³-hybridized carbons (Fsp3) is 0.478. The molecule has 2 fully saturated rings. The first kappa shape index (κ1) is 19.3. The average Bonchev–Trinajstić information content (AvgIpc) is 3.47. The van der Waals surface area contributed by atoms with Gasteiger partial charge in [-0.25, -0.2) is 0 Å². The first-order valence-electron chi connectivity index (χ1n) is 10.6. The molecule has 0 N–H and O–H groups in total. The summed E-state index contributed by atoms with van der Waals surface area (Å²) in [6.45, 7) is 6.69. The normalized spacial score (nSPS) is 26.2. The Morgan fingerprint density at radius 3 is 2.72 bits per heavy atom. The Balaban J connectivity index is 1.59. The quantitative estimate of drug-likeness (QED) is 0.634. The number of benzene rings is 1. The maximum atomic E-state index is 7.06. The third-order valence-electron chi connectivity index (χ3n) is 6.48. The third kappa shape index (κ3) is 3.23. The van der Waals surface area contributed by atoms with Gasteiger partial charge in [-0.15, -0.1) is 0 Å². The summed E-state index contributed by atoms with van der Waals surface area (Å²) >= 11 is 8.93. The van der Waals surface area contributed by atoms with Crippen LogP contribution in [0.15, 0.2) is 41.5 Å². The van der Waals surface area contributed by atoms with Crippen LogP contribution in [-0.2, 0) is 0 Å². The van der Waals surface area contributed by atoms with E-state index in [1.54, 1.807) is 0 Å². The number of aliphatic imine (C=N–C) groups is 1. The summed E-state index contributed by atoms with van der Waals surface area (Å²) < 4.78 is 0. The van der Waals surface area contributed by atoms with Crippen molar-refractivity contribution in [1.82, 2.24) is 9.88 Å². The van der Waals surface area contributed by atoms with Gasteiger partial charge in [-0.3, -0.25) is 9.98 Å². The third-order valence-corrected chi connectivity index (χ3v) is 8.11. The molecule has 3 aliphatic rings. The molecule has 3 aliphatic heterocycles. The predicted octanol–water partition coefficient (Wildman–Crippen LogP) is 5.62. The highest BCUT2D eigenvalue weighted by Crippen LogP contribution is 2.51. The summed E-state index contributed by atoms with van der Waals surface area (Å²) in [4.78, 5) is 14.8. The summed E-state index contributed by atoms with van der Waals surface area (Å²) in [7, 11) is 0. The van der Waals surface area contributed by atoms with E-state index < -0.39 is 0 Å². The van der Waals surface area contributed by atoms with E-state index in [4.69, 9.17) is 16.6 Å². The minimum absolute atomic E-state index is 0.0115. The van der Waals surface area contributed by atoms with Crippen molar-refractivity contribution in [3.05, 3.63) is 58.4 Å². The van der Waals surface area contributed by atoms with Gasteiger partial charge in [0.2, 0.25) is 0 Å². The Labute approximate surface area is 182 Å².